The van der Waals surface area contributed by atoms with Gasteiger partial charge in [-0.15, -0.1) is 0 Å². The van der Waals surface area contributed by atoms with E-state index in [0.717, 1.165) is 44.5 Å². The Balaban J connectivity index is 1.80. The van der Waals surface area contributed by atoms with Crippen molar-refractivity contribution in [1.82, 2.24) is 14.8 Å². The first-order valence-electron chi connectivity index (χ1n) is 9.27. The fourth-order valence-corrected chi connectivity index (χ4v) is 4.58. The molecule has 0 aliphatic carbocycles. The van der Waals surface area contributed by atoms with Crippen LogP contribution in [0.5, 0.6) is 0 Å². The Morgan fingerprint density at radius 2 is 1.82 bits per heavy atom. The van der Waals surface area contributed by atoms with Gasteiger partial charge in [-0.1, -0.05) is 0 Å². The Labute approximate surface area is 181 Å². The minimum atomic E-state index is 0.138. The highest BCUT2D eigenvalue weighted by Gasteiger charge is 2.25. The van der Waals surface area contributed by atoms with E-state index < -0.39 is 0 Å². The molecule has 0 spiro atoms. The summed E-state index contributed by atoms with van der Waals surface area (Å²) < 4.78 is 3.63. The molecule has 3 aromatic rings. The van der Waals surface area contributed by atoms with E-state index in [2.05, 4.69) is 56.8 Å². The molecule has 2 aromatic heterocycles. The van der Waals surface area contributed by atoms with Crippen LogP contribution in [-0.4, -0.2) is 26.7 Å². The third kappa shape index (κ3) is 3.42. The molecule has 0 N–H and O–H groups in total. The molecular formula is C21H20Br2N4O. The van der Waals surface area contributed by atoms with Gasteiger partial charge in [-0.25, -0.2) is 4.68 Å². The van der Waals surface area contributed by atoms with Crippen molar-refractivity contribution in [3.05, 3.63) is 57.4 Å². The third-order valence-electron chi connectivity index (χ3n) is 4.92. The number of rotatable bonds is 3. The minimum Gasteiger partial charge on any atom is -0.310 e. The molecule has 144 valence electrons. The van der Waals surface area contributed by atoms with Crippen LogP contribution in [0.1, 0.15) is 32.3 Å². The molecule has 0 unspecified atom stereocenters. The van der Waals surface area contributed by atoms with Crippen LogP contribution in [0.15, 0.2) is 51.8 Å². The van der Waals surface area contributed by atoms with Crippen LogP contribution in [-0.2, 0) is 11.2 Å². The van der Waals surface area contributed by atoms with Crippen molar-refractivity contribution in [2.75, 3.05) is 4.90 Å². The molecule has 0 fully saturated rings. The van der Waals surface area contributed by atoms with E-state index in [0.29, 0.717) is 6.42 Å². The van der Waals surface area contributed by atoms with E-state index in [-0.39, 0.29) is 11.9 Å². The van der Waals surface area contributed by atoms with Gasteiger partial charge in [-0.2, -0.15) is 5.10 Å². The summed E-state index contributed by atoms with van der Waals surface area (Å²) >= 11 is 7.32. The van der Waals surface area contributed by atoms with Gasteiger partial charge in [0, 0.05) is 36.1 Å². The molecule has 28 heavy (non-hydrogen) atoms. The zero-order valence-electron chi connectivity index (χ0n) is 15.7. The summed E-state index contributed by atoms with van der Waals surface area (Å²) in [6.45, 7) is 4.12. The lowest BCUT2D eigenvalue weighted by Crippen LogP contribution is -2.36. The van der Waals surface area contributed by atoms with Crippen molar-refractivity contribution < 1.29 is 4.79 Å². The lowest BCUT2D eigenvalue weighted by Gasteiger charge is -2.27. The zero-order chi connectivity index (χ0) is 19.8. The van der Waals surface area contributed by atoms with Gasteiger partial charge >= 0.3 is 0 Å². The van der Waals surface area contributed by atoms with Gasteiger partial charge < -0.3 is 4.90 Å². The summed E-state index contributed by atoms with van der Waals surface area (Å²) in [5.41, 5.74) is 5.00. The maximum Gasteiger partial charge on any atom is 0.227 e. The van der Waals surface area contributed by atoms with E-state index >= 15 is 0 Å². The highest BCUT2D eigenvalue weighted by Crippen LogP contribution is 2.37. The fourth-order valence-electron chi connectivity index (χ4n) is 3.63. The Kier molecular flexibility index (Phi) is 5.38. The van der Waals surface area contributed by atoms with Gasteiger partial charge in [0.2, 0.25) is 5.91 Å². The highest BCUT2D eigenvalue weighted by molar-refractivity contribution is 9.13. The lowest BCUT2D eigenvalue weighted by atomic mass is 10.1. The van der Waals surface area contributed by atoms with Crippen molar-refractivity contribution in [3.63, 3.8) is 0 Å². The van der Waals surface area contributed by atoms with Crippen LogP contribution in [0.25, 0.3) is 16.9 Å². The predicted octanol–water partition coefficient (Wildman–Crippen LogP) is 5.54. The molecule has 4 rings (SSSR count). The molecule has 0 atom stereocenters. The number of hydrogen-bond acceptors (Lipinski definition) is 3. The van der Waals surface area contributed by atoms with Crippen LogP contribution >= 0.6 is 31.9 Å². The summed E-state index contributed by atoms with van der Waals surface area (Å²) in [6, 6.07) is 10.2. The Hall–Kier alpha value is -1.99. The van der Waals surface area contributed by atoms with Crippen LogP contribution in [0, 0.1) is 0 Å². The fraction of sp³-hybridized carbons (Fsp3) is 0.286. The number of halogens is 2. The van der Waals surface area contributed by atoms with E-state index in [1.807, 2.05) is 33.8 Å². The van der Waals surface area contributed by atoms with Crippen LogP contribution in [0.4, 0.5) is 5.69 Å². The van der Waals surface area contributed by atoms with E-state index in [4.69, 9.17) is 5.10 Å². The monoisotopic (exact) mass is 502 g/mol. The van der Waals surface area contributed by atoms with Crippen molar-refractivity contribution in [1.29, 1.82) is 0 Å². The first kappa shape index (κ1) is 19.3. The van der Waals surface area contributed by atoms with E-state index in [9.17, 15) is 4.79 Å². The molecule has 5 nitrogen and oxygen atoms in total. The Morgan fingerprint density at radius 1 is 1.07 bits per heavy atom. The van der Waals surface area contributed by atoms with E-state index in [1.54, 1.807) is 12.4 Å². The summed E-state index contributed by atoms with van der Waals surface area (Å²) in [4.78, 5) is 18.5. The summed E-state index contributed by atoms with van der Waals surface area (Å²) in [7, 11) is 0. The quantitative estimate of drug-likeness (QED) is 0.471. The second kappa shape index (κ2) is 7.79. The largest absolute Gasteiger partial charge is 0.310 e. The van der Waals surface area contributed by atoms with Crippen LogP contribution < -0.4 is 4.90 Å². The van der Waals surface area contributed by atoms with E-state index in [1.165, 1.54) is 5.56 Å². The topological polar surface area (TPSA) is 51.0 Å². The lowest BCUT2D eigenvalue weighted by molar-refractivity contribution is -0.118. The number of benzene rings is 1. The zero-order valence-corrected chi connectivity index (χ0v) is 18.9. The maximum atomic E-state index is 12.5. The summed E-state index contributed by atoms with van der Waals surface area (Å²) in [5.74, 6) is 0.199. The molecule has 1 aromatic carbocycles. The maximum absolute atomic E-state index is 12.5. The molecule has 1 aliphatic rings. The molecule has 1 amide bonds. The van der Waals surface area contributed by atoms with Crippen molar-refractivity contribution in [2.24, 2.45) is 0 Å². The molecule has 0 saturated carbocycles. The first-order valence-corrected chi connectivity index (χ1v) is 10.9. The van der Waals surface area contributed by atoms with Gasteiger partial charge in [-0.3, -0.25) is 9.78 Å². The standard InChI is InChI=1S/C21H20Br2N4O/c1-13(2)26-17-7-6-16(12-15(17)4-3-5-18(26)28)27-21(23)19(22)20(25-27)14-8-10-24-11-9-14/h6-13H,3-5H2,1-2H3. The highest BCUT2D eigenvalue weighted by atomic mass is 79.9. The number of pyridine rings is 1. The van der Waals surface area contributed by atoms with Crippen molar-refractivity contribution in [3.8, 4) is 16.9 Å². The van der Waals surface area contributed by atoms with Gasteiger partial charge in [-0.05, 0) is 94.4 Å². The molecule has 0 radical (unpaired) electrons. The number of anilines is 1. The Morgan fingerprint density at radius 3 is 2.54 bits per heavy atom. The SMILES string of the molecule is CC(C)N1C(=O)CCCc2cc(-n3nc(-c4ccncc4)c(Br)c3Br)ccc21. The average Bonchev–Trinajstić information content (AvgIpc) is 2.88. The third-order valence-corrected chi connectivity index (χ3v) is 6.93. The average molecular weight is 504 g/mol. The van der Waals surface area contributed by atoms with Gasteiger partial charge in [0.25, 0.3) is 0 Å². The van der Waals surface area contributed by atoms with Crippen molar-refractivity contribution in [2.45, 2.75) is 39.2 Å². The molecule has 3 heterocycles. The van der Waals surface area contributed by atoms with Crippen LogP contribution in [0.3, 0.4) is 0 Å². The minimum absolute atomic E-state index is 0.138. The number of carbonyl (C=O) groups is 1. The number of fused-ring (bicyclic) bond motifs is 1. The summed E-state index contributed by atoms with van der Waals surface area (Å²) in [6.07, 6.45) is 5.86. The van der Waals surface area contributed by atoms with Crippen LogP contribution in [0.2, 0.25) is 0 Å². The van der Waals surface area contributed by atoms with Gasteiger partial charge in [0.1, 0.15) is 10.3 Å². The van der Waals surface area contributed by atoms with Crippen molar-refractivity contribution >= 4 is 43.5 Å². The Bertz CT molecular complexity index is 1030. The predicted molar refractivity (Wildman–Crippen MR) is 118 cm³/mol. The van der Waals surface area contributed by atoms with Gasteiger partial charge in [0.15, 0.2) is 0 Å². The number of carbonyl (C=O) groups excluding carboxylic acids is 1. The second-order valence-electron chi connectivity index (χ2n) is 7.13. The number of amides is 1. The number of aromatic nitrogens is 3. The molecule has 0 bridgehead atoms. The normalized spacial score (nSPS) is 14.3. The first-order chi connectivity index (χ1) is 13.5. The summed E-state index contributed by atoms with van der Waals surface area (Å²) in [5, 5.41) is 4.81. The smallest absolute Gasteiger partial charge is 0.227 e. The molecular weight excluding hydrogens is 484 g/mol. The number of aryl methyl sites for hydroxylation is 1. The second-order valence-corrected chi connectivity index (χ2v) is 8.67. The molecule has 1 aliphatic heterocycles. The van der Waals surface area contributed by atoms with Gasteiger partial charge in [0.05, 0.1) is 10.2 Å². The molecule has 0 saturated heterocycles. The number of nitrogens with zero attached hydrogens (tertiary/aromatic N) is 4. The number of hydrogen-bond donors (Lipinski definition) is 0. The molecule has 7 heteroatoms.